The molecule has 0 aliphatic rings. The third kappa shape index (κ3) is 2.73. The number of nitrogens with two attached hydrogens (primary N) is 1. The van der Waals surface area contributed by atoms with Gasteiger partial charge in [0.05, 0.1) is 0 Å². The van der Waals surface area contributed by atoms with Gasteiger partial charge in [0, 0.05) is 37.6 Å². The third-order valence-corrected chi connectivity index (χ3v) is 2.92. The highest BCUT2D eigenvalue weighted by Gasteiger charge is 2.08. The minimum absolute atomic E-state index is 0.0856. The monoisotopic (exact) mass is 260 g/mol. The topological polar surface area (TPSA) is 82.9 Å². The zero-order chi connectivity index (χ0) is 13.8. The summed E-state index contributed by atoms with van der Waals surface area (Å²) in [5.41, 5.74) is 5.77. The number of hydrogen-bond acceptors (Lipinski definition) is 4. The molecule has 6 nitrogen and oxygen atoms in total. The third-order valence-electron chi connectivity index (χ3n) is 2.92. The zero-order valence-corrected chi connectivity index (χ0v) is 10.7. The Balaban J connectivity index is 2.33. The predicted octanol–water partition coefficient (Wildman–Crippen LogP) is 0.250. The number of pyridine rings is 1. The molecule has 2 rings (SSSR count). The first-order valence-electron chi connectivity index (χ1n) is 6.13. The highest BCUT2D eigenvalue weighted by molar-refractivity contribution is 5.31. The van der Waals surface area contributed by atoms with Crippen molar-refractivity contribution >= 4 is 5.69 Å². The van der Waals surface area contributed by atoms with Gasteiger partial charge in [-0.1, -0.05) is 6.07 Å². The molecule has 2 heterocycles. The summed E-state index contributed by atoms with van der Waals surface area (Å²) < 4.78 is 2.59. The predicted molar refractivity (Wildman–Crippen MR) is 73.0 cm³/mol. The number of aryl methyl sites for hydroxylation is 2. The highest BCUT2D eigenvalue weighted by atomic mass is 16.2. The molecule has 0 saturated carbocycles. The fourth-order valence-electron chi connectivity index (χ4n) is 1.87. The van der Waals surface area contributed by atoms with E-state index in [1.54, 1.807) is 6.20 Å². The van der Waals surface area contributed by atoms with Crippen LogP contribution in [0, 0.1) is 0 Å². The molecule has 19 heavy (non-hydrogen) atoms. The molecule has 0 aromatic carbocycles. The second kappa shape index (κ2) is 5.51. The van der Waals surface area contributed by atoms with Crippen molar-refractivity contribution in [3.8, 4) is 0 Å². The van der Waals surface area contributed by atoms with Crippen molar-refractivity contribution in [2.24, 2.45) is 0 Å². The summed E-state index contributed by atoms with van der Waals surface area (Å²) >= 11 is 0. The van der Waals surface area contributed by atoms with Crippen molar-refractivity contribution in [3.63, 3.8) is 0 Å². The number of nitrogen functional groups attached to an aromatic ring is 1. The molecular formula is C13H16N4O2. The van der Waals surface area contributed by atoms with Crippen molar-refractivity contribution in [2.75, 3.05) is 5.73 Å². The van der Waals surface area contributed by atoms with Crippen molar-refractivity contribution in [1.82, 2.24) is 14.1 Å². The molecule has 0 atom stereocenters. The largest absolute Gasteiger partial charge is 0.393 e. The zero-order valence-electron chi connectivity index (χ0n) is 10.7. The summed E-state index contributed by atoms with van der Waals surface area (Å²) in [6.07, 6.45) is 3.59. The fourth-order valence-corrected chi connectivity index (χ4v) is 1.87. The molecule has 0 fully saturated rings. The lowest BCUT2D eigenvalue weighted by molar-refractivity contribution is 0.564. The van der Waals surface area contributed by atoms with Crippen LogP contribution in [-0.4, -0.2) is 14.1 Å². The lowest BCUT2D eigenvalue weighted by atomic mass is 10.2. The maximum Gasteiger partial charge on any atom is 0.331 e. The summed E-state index contributed by atoms with van der Waals surface area (Å²) in [4.78, 5) is 28.1. The molecule has 0 saturated heterocycles. The number of anilines is 1. The fraction of sp³-hybridized carbons (Fsp3) is 0.308. The van der Waals surface area contributed by atoms with Gasteiger partial charge in [0.15, 0.2) is 0 Å². The van der Waals surface area contributed by atoms with Gasteiger partial charge < -0.3 is 5.73 Å². The number of aromatic nitrogens is 3. The molecule has 2 aromatic heterocycles. The molecule has 0 unspecified atom stereocenters. The van der Waals surface area contributed by atoms with Gasteiger partial charge in [-0.2, -0.15) is 0 Å². The van der Waals surface area contributed by atoms with Crippen LogP contribution in [-0.2, 0) is 19.5 Å². The smallest absolute Gasteiger partial charge is 0.331 e. The van der Waals surface area contributed by atoms with Crippen LogP contribution in [0.4, 0.5) is 5.69 Å². The van der Waals surface area contributed by atoms with Crippen LogP contribution in [0.3, 0.4) is 0 Å². The van der Waals surface area contributed by atoms with Crippen LogP contribution >= 0.6 is 0 Å². The average molecular weight is 260 g/mol. The maximum absolute atomic E-state index is 12.0. The van der Waals surface area contributed by atoms with E-state index >= 15 is 0 Å². The molecule has 0 bridgehead atoms. The van der Waals surface area contributed by atoms with Crippen LogP contribution in [0.25, 0.3) is 0 Å². The summed E-state index contributed by atoms with van der Waals surface area (Å²) in [7, 11) is 0. The van der Waals surface area contributed by atoms with Crippen molar-refractivity contribution in [3.05, 3.63) is 57.1 Å². The van der Waals surface area contributed by atoms with E-state index in [2.05, 4.69) is 4.98 Å². The first kappa shape index (κ1) is 13.1. The van der Waals surface area contributed by atoms with Gasteiger partial charge in [-0.3, -0.25) is 18.9 Å². The lowest BCUT2D eigenvalue weighted by Crippen LogP contribution is -2.40. The van der Waals surface area contributed by atoms with E-state index in [9.17, 15) is 9.59 Å². The van der Waals surface area contributed by atoms with E-state index in [0.717, 1.165) is 10.3 Å². The van der Waals surface area contributed by atoms with Crippen LogP contribution in [0.5, 0.6) is 0 Å². The Kier molecular flexibility index (Phi) is 3.79. The van der Waals surface area contributed by atoms with Gasteiger partial charge >= 0.3 is 5.69 Å². The molecule has 0 aliphatic carbocycles. The van der Waals surface area contributed by atoms with E-state index in [0.29, 0.717) is 13.0 Å². The molecule has 0 radical (unpaired) electrons. The second-order valence-electron chi connectivity index (χ2n) is 4.18. The molecule has 0 aliphatic heterocycles. The highest BCUT2D eigenvalue weighted by Crippen LogP contribution is 1.96. The van der Waals surface area contributed by atoms with Gasteiger partial charge in [0.25, 0.3) is 5.56 Å². The summed E-state index contributed by atoms with van der Waals surface area (Å²) in [6, 6.07) is 5.55. The first-order chi connectivity index (χ1) is 9.13. The minimum atomic E-state index is -0.439. The Hall–Kier alpha value is -2.37. The van der Waals surface area contributed by atoms with Gasteiger partial charge in [0.2, 0.25) is 0 Å². The average Bonchev–Trinajstić information content (AvgIpc) is 2.44. The normalized spacial score (nSPS) is 10.6. The first-order valence-corrected chi connectivity index (χ1v) is 6.13. The van der Waals surface area contributed by atoms with Crippen LogP contribution < -0.4 is 17.0 Å². The quantitative estimate of drug-likeness (QED) is 0.854. The van der Waals surface area contributed by atoms with Gasteiger partial charge in [-0.25, -0.2) is 4.79 Å². The van der Waals surface area contributed by atoms with Crippen molar-refractivity contribution < 1.29 is 0 Å². The number of hydrogen-bond donors (Lipinski definition) is 1. The van der Waals surface area contributed by atoms with E-state index < -0.39 is 5.56 Å². The SMILES string of the molecule is CCn1cc(N)c(=O)n(CCc2ccccn2)c1=O. The van der Waals surface area contributed by atoms with Gasteiger partial charge in [-0.05, 0) is 19.1 Å². The van der Waals surface area contributed by atoms with Crippen LogP contribution in [0.1, 0.15) is 12.6 Å². The minimum Gasteiger partial charge on any atom is -0.393 e. The van der Waals surface area contributed by atoms with Gasteiger partial charge in [0.1, 0.15) is 5.69 Å². The Bertz CT molecular complexity index is 673. The molecule has 2 aromatic rings. The Labute approximate surface area is 110 Å². The Morgan fingerprint density at radius 3 is 2.74 bits per heavy atom. The van der Waals surface area contributed by atoms with Crippen molar-refractivity contribution in [1.29, 1.82) is 0 Å². The standard InChI is InChI=1S/C13H16N4O2/c1-2-16-9-11(14)12(18)17(13(16)19)8-6-10-5-3-4-7-15-10/h3-5,7,9H,2,6,8,14H2,1H3. The Morgan fingerprint density at radius 1 is 1.32 bits per heavy atom. The van der Waals surface area contributed by atoms with Gasteiger partial charge in [-0.15, -0.1) is 0 Å². The maximum atomic E-state index is 12.0. The summed E-state index contributed by atoms with van der Waals surface area (Å²) in [5.74, 6) is 0. The number of rotatable bonds is 4. The molecule has 100 valence electrons. The van der Waals surface area contributed by atoms with E-state index in [-0.39, 0.29) is 17.9 Å². The van der Waals surface area contributed by atoms with Crippen LogP contribution in [0.15, 0.2) is 40.2 Å². The number of nitrogens with zero attached hydrogens (tertiary/aromatic N) is 3. The molecule has 0 spiro atoms. The van der Waals surface area contributed by atoms with E-state index in [1.165, 1.54) is 10.8 Å². The second-order valence-corrected chi connectivity index (χ2v) is 4.18. The molecule has 0 amide bonds. The molecule has 2 N–H and O–H groups in total. The lowest BCUT2D eigenvalue weighted by Gasteiger charge is -2.09. The molecule has 6 heteroatoms. The van der Waals surface area contributed by atoms with Crippen molar-refractivity contribution in [2.45, 2.75) is 26.4 Å². The molecular weight excluding hydrogens is 244 g/mol. The summed E-state index contributed by atoms with van der Waals surface area (Å²) in [6.45, 7) is 2.58. The summed E-state index contributed by atoms with van der Waals surface area (Å²) in [5, 5.41) is 0. The van der Waals surface area contributed by atoms with E-state index in [1.807, 2.05) is 25.1 Å². The van der Waals surface area contributed by atoms with E-state index in [4.69, 9.17) is 5.73 Å². The Morgan fingerprint density at radius 2 is 2.11 bits per heavy atom. The van der Waals surface area contributed by atoms with Crippen LogP contribution in [0.2, 0.25) is 0 Å².